The van der Waals surface area contributed by atoms with Crippen LogP contribution in [-0.4, -0.2) is 41.4 Å². The van der Waals surface area contributed by atoms with Gasteiger partial charge < -0.3 is 26.6 Å². The van der Waals surface area contributed by atoms with Gasteiger partial charge in [0.15, 0.2) is 0 Å². The van der Waals surface area contributed by atoms with E-state index >= 15 is 0 Å². The van der Waals surface area contributed by atoms with Gasteiger partial charge >= 0.3 is 0 Å². The number of aliphatic hydroxyl groups is 1. The van der Waals surface area contributed by atoms with Gasteiger partial charge in [0.05, 0.1) is 25.3 Å². The van der Waals surface area contributed by atoms with Crippen LogP contribution in [0.1, 0.15) is 24.2 Å². The number of aliphatic hydroxyl groups excluding tert-OH is 1. The van der Waals surface area contributed by atoms with Crippen molar-refractivity contribution < 1.29 is 9.84 Å². The van der Waals surface area contributed by atoms with Gasteiger partial charge in [-0.25, -0.2) is 9.97 Å². The smallest absolute Gasteiger partial charge is 0.141 e. The van der Waals surface area contributed by atoms with E-state index in [2.05, 4.69) is 15.3 Å². The summed E-state index contributed by atoms with van der Waals surface area (Å²) in [5.41, 5.74) is 11.6. The van der Waals surface area contributed by atoms with Crippen molar-refractivity contribution in [2.24, 2.45) is 11.5 Å². The summed E-state index contributed by atoms with van der Waals surface area (Å²) in [6.45, 7) is 2.32. The molecule has 3 rings (SSSR count). The average molecular weight is 382 g/mol. The van der Waals surface area contributed by atoms with Crippen LogP contribution in [0.4, 0.5) is 0 Å². The van der Waals surface area contributed by atoms with E-state index in [0.29, 0.717) is 42.3 Å². The molecule has 8 heteroatoms. The van der Waals surface area contributed by atoms with Crippen LogP contribution in [0.2, 0.25) is 5.02 Å². The number of hydrogen-bond donors (Lipinski definition) is 4. The van der Waals surface area contributed by atoms with Crippen LogP contribution in [0.25, 0.3) is 0 Å². The molecule has 0 saturated carbocycles. The molecule has 1 saturated heterocycles. The molecule has 0 spiro atoms. The lowest BCUT2D eigenvalue weighted by atomic mass is 10.2. The highest BCUT2D eigenvalue weighted by atomic mass is 35.5. The third-order valence-corrected chi connectivity index (χ3v) is 3.93. The number of aromatic nitrogens is 2. The van der Waals surface area contributed by atoms with E-state index in [1.54, 1.807) is 31.6 Å². The summed E-state index contributed by atoms with van der Waals surface area (Å²) in [6.07, 6.45) is 5.73. The molecule has 1 fully saturated rings. The second kappa shape index (κ2) is 13.4. The van der Waals surface area contributed by atoms with Gasteiger partial charge in [-0.1, -0.05) is 17.7 Å². The highest BCUT2D eigenvalue weighted by Gasteiger charge is 2.10. The van der Waals surface area contributed by atoms with Crippen LogP contribution in [0.5, 0.6) is 5.75 Å². The van der Waals surface area contributed by atoms with Crippen molar-refractivity contribution in [1.29, 1.82) is 0 Å². The Labute approximate surface area is 159 Å². The summed E-state index contributed by atoms with van der Waals surface area (Å²) >= 11 is 5.83. The average Bonchev–Trinajstić information content (AvgIpc) is 3.23. The third-order valence-electron chi connectivity index (χ3n) is 3.64. The predicted octanol–water partition coefficient (Wildman–Crippen LogP) is 1.47. The summed E-state index contributed by atoms with van der Waals surface area (Å²) in [4.78, 5) is 7.72. The molecule has 1 aromatic carbocycles. The van der Waals surface area contributed by atoms with Crippen LogP contribution >= 0.6 is 11.6 Å². The lowest BCUT2D eigenvalue weighted by molar-refractivity contribution is 0.255. The van der Waals surface area contributed by atoms with Crippen molar-refractivity contribution in [1.82, 2.24) is 15.3 Å². The number of rotatable bonds is 4. The first-order valence-corrected chi connectivity index (χ1v) is 8.85. The molecule has 0 amide bonds. The van der Waals surface area contributed by atoms with Gasteiger partial charge in [-0.05, 0) is 43.1 Å². The highest BCUT2D eigenvalue weighted by Crippen LogP contribution is 2.24. The summed E-state index contributed by atoms with van der Waals surface area (Å²) in [5.74, 6) is 1.37. The molecular formula is C18H28ClN5O2. The number of nitrogens with one attached hydrogen (secondary N) is 1. The fraction of sp³-hybridized carbons (Fsp3) is 0.444. The minimum Gasteiger partial charge on any atom is -0.495 e. The number of ether oxygens (including phenoxy) is 1. The van der Waals surface area contributed by atoms with E-state index < -0.39 is 0 Å². The minimum absolute atomic E-state index is 0.306. The van der Waals surface area contributed by atoms with E-state index in [4.69, 9.17) is 32.9 Å². The van der Waals surface area contributed by atoms with Crippen molar-refractivity contribution in [3.63, 3.8) is 0 Å². The number of nitrogens with two attached hydrogens (primary N) is 2. The molecule has 26 heavy (non-hydrogen) atoms. The molecule has 0 bridgehead atoms. The Morgan fingerprint density at radius 3 is 2.38 bits per heavy atom. The van der Waals surface area contributed by atoms with Crippen molar-refractivity contribution in [2.75, 3.05) is 20.3 Å². The van der Waals surface area contributed by atoms with Gasteiger partial charge in [0.1, 0.15) is 11.6 Å². The van der Waals surface area contributed by atoms with Crippen LogP contribution in [0.15, 0.2) is 36.7 Å². The number of benzene rings is 1. The fourth-order valence-corrected chi connectivity index (χ4v) is 2.47. The first-order valence-electron chi connectivity index (χ1n) is 8.47. The Balaban J connectivity index is 0.000000201. The molecule has 0 unspecified atom stereocenters. The van der Waals surface area contributed by atoms with Crippen LogP contribution in [0.3, 0.4) is 0 Å². The molecule has 1 aliphatic rings. The molecule has 2 aromatic rings. The second-order valence-corrected chi connectivity index (χ2v) is 5.93. The molecule has 1 aromatic heterocycles. The molecule has 2 heterocycles. The van der Waals surface area contributed by atoms with Gasteiger partial charge in [0, 0.05) is 25.0 Å². The van der Waals surface area contributed by atoms with Crippen molar-refractivity contribution in [3.05, 3.63) is 53.1 Å². The Hall–Kier alpha value is -1.77. The Morgan fingerprint density at radius 1 is 1.27 bits per heavy atom. The largest absolute Gasteiger partial charge is 0.495 e. The normalized spacial score (nSPS) is 15.3. The first-order chi connectivity index (χ1) is 12.6. The van der Waals surface area contributed by atoms with Crippen LogP contribution < -0.4 is 21.5 Å². The first kappa shape index (κ1) is 22.3. The number of methoxy groups -OCH3 is 1. The summed E-state index contributed by atoms with van der Waals surface area (Å²) in [6, 6.07) is 7.68. The molecule has 1 aliphatic heterocycles. The maximum Gasteiger partial charge on any atom is 0.141 e. The zero-order valence-electron chi connectivity index (χ0n) is 15.1. The summed E-state index contributed by atoms with van der Waals surface area (Å²) in [5, 5.41) is 12.3. The van der Waals surface area contributed by atoms with Gasteiger partial charge in [-0.15, -0.1) is 0 Å². The number of halogens is 1. The van der Waals surface area contributed by atoms with Crippen LogP contribution in [0, 0.1) is 0 Å². The van der Waals surface area contributed by atoms with E-state index in [-0.39, 0.29) is 0 Å². The van der Waals surface area contributed by atoms with Gasteiger partial charge in [-0.3, -0.25) is 0 Å². The number of hydrogen-bond acceptors (Lipinski definition) is 7. The van der Waals surface area contributed by atoms with Crippen LogP contribution in [-0.2, 0) is 13.1 Å². The Kier molecular flexibility index (Phi) is 11.5. The summed E-state index contributed by atoms with van der Waals surface area (Å²) < 4.78 is 4.97. The molecule has 7 nitrogen and oxygen atoms in total. The molecule has 6 N–H and O–H groups in total. The van der Waals surface area contributed by atoms with Crippen molar-refractivity contribution in [3.8, 4) is 5.75 Å². The molecule has 1 atom stereocenters. The maximum absolute atomic E-state index is 8.50. The molecular weight excluding hydrogens is 354 g/mol. The van der Waals surface area contributed by atoms with E-state index in [9.17, 15) is 0 Å². The standard InChI is InChI=1S/C8H10ClNO.C5H7N3.C5H11NO/c1-11-8-3-2-6(5-10)4-7(8)9;6-4-5-7-2-1-3-8-5;7-4-5-2-1-3-6-5/h2-4H,5,10H2,1H3;1-3H,4,6H2;5-7H,1-4H2/t;;5-/m..0/s1. The van der Waals surface area contributed by atoms with Crippen molar-refractivity contribution in [2.45, 2.75) is 32.0 Å². The molecule has 0 aliphatic carbocycles. The van der Waals surface area contributed by atoms with Gasteiger partial charge in [-0.2, -0.15) is 0 Å². The van der Waals surface area contributed by atoms with Gasteiger partial charge in [0.25, 0.3) is 0 Å². The monoisotopic (exact) mass is 381 g/mol. The van der Waals surface area contributed by atoms with Crippen molar-refractivity contribution >= 4 is 11.6 Å². The topological polar surface area (TPSA) is 119 Å². The summed E-state index contributed by atoms with van der Waals surface area (Å²) in [7, 11) is 1.59. The maximum atomic E-state index is 8.50. The zero-order valence-corrected chi connectivity index (χ0v) is 15.8. The van der Waals surface area contributed by atoms with Gasteiger partial charge in [0.2, 0.25) is 0 Å². The molecule has 0 radical (unpaired) electrons. The second-order valence-electron chi connectivity index (χ2n) is 5.52. The minimum atomic E-state index is 0.306. The quantitative estimate of drug-likeness (QED) is 0.633. The fourth-order valence-electron chi connectivity index (χ4n) is 2.18. The van der Waals surface area contributed by atoms with E-state index in [1.165, 1.54) is 6.42 Å². The Bertz CT molecular complexity index is 610. The third kappa shape index (κ3) is 8.55. The zero-order chi connectivity index (χ0) is 19.2. The SMILES string of the molecule is COc1ccc(CN)cc1Cl.NCc1ncccn1.OC[C@@H]1CCCN1. The van der Waals surface area contributed by atoms with E-state index in [1.807, 2.05) is 12.1 Å². The van der Waals surface area contributed by atoms with E-state index in [0.717, 1.165) is 18.5 Å². The lowest BCUT2D eigenvalue weighted by Gasteiger charge is -2.03. The number of nitrogens with zero attached hydrogens (tertiary/aromatic N) is 2. The predicted molar refractivity (Wildman–Crippen MR) is 104 cm³/mol. The highest BCUT2D eigenvalue weighted by molar-refractivity contribution is 6.32. The molecule has 144 valence electrons. The Morgan fingerprint density at radius 2 is 2.00 bits per heavy atom. The lowest BCUT2D eigenvalue weighted by Crippen LogP contribution is -2.24.